The quantitative estimate of drug-likeness (QED) is 0.911. The zero-order chi connectivity index (χ0) is 12.7. The molecule has 2 amide bonds. The van der Waals surface area contributed by atoms with Gasteiger partial charge in [-0.2, -0.15) is 4.99 Å². The van der Waals surface area contributed by atoms with Gasteiger partial charge in [-0.25, -0.2) is 4.79 Å². The molecule has 1 saturated carbocycles. The number of carbonyl (C=O) groups is 1. The Labute approximate surface area is 110 Å². The summed E-state index contributed by atoms with van der Waals surface area (Å²) in [7, 11) is 0. The topological polar surface area (TPSA) is 58.7 Å². The number of urea groups is 1. The summed E-state index contributed by atoms with van der Waals surface area (Å²) in [5.41, 5.74) is 6.81. The van der Waals surface area contributed by atoms with Crippen LogP contribution in [0.4, 0.5) is 4.79 Å². The maximum absolute atomic E-state index is 11.8. The highest BCUT2D eigenvalue weighted by molar-refractivity contribution is 6.30. The first-order valence-corrected chi connectivity index (χ1v) is 6.43. The van der Waals surface area contributed by atoms with E-state index in [-0.39, 0.29) is 12.1 Å². The van der Waals surface area contributed by atoms with Crippen LogP contribution in [0.3, 0.4) is 0 Å². The van der Waals surface area contributed by atoms with E-state index in [1.807, 2.05) is 18.2 Å². The minimum absolute atomic E-state index is 0.232. The van der Waals surface area contributed by atoms with Gasteiger partial charge in [0.05, 0.1) is 0 Å². The summed E-state index contributed by atoms with van der Waals surface area (Å²) < 4.78 is 0. The number of aliphatic imine (C=N–C) groups is 1. The number of nitrogens with zero attached hydrogens (tertiary/aromatic N) is 2. The van der Waals surface area contributed by atoms with Gasteiger partial charge in [-0.3, -0.25) is 0 Å². The lowest BCUT2D eigenvalue weighted by molar-refractivity contribution is 0.204. The van der Waals surface area contributed by atoms with Gasteiger partial charge in [0.25, 0.3) is 0 Å². The van der Waals surface area contributed by atoms with E-state index < -0.39 is 0 Å². The van der Waals surface area contributed by atoms with Crippen molar-refractivity contribution in [3.63, 3.8) is 0 Å². The Kier molecular flexibility index (Phi) is 2.74. The molecule has 1 aromatic rings. The number of carbonyl (C=O) groups excluding carboxylic acids is 1. The average Bonchev–Trinajstić information content (AvgIpc) is 3.07. The molecule has 1 fully saturated rings. The molecule has 94 valence electrons. The zero-order valence-electron chi connectivity index (χ0n) is 9.84. The van der Waals surface area contributed by atoms with Crippen LogP contribution in [0.2, 0.25) is 5.02 Å². The minimum atomic E-state index is -0.253. The lowest BCUT2D eigenvalue weighted by Gasteiger charge is -2.24. The van der Waals surface area contributed by atoms with Gasteiger partial charge in [0.15, 0.2) is 0 Å². The van der Waals surface area contributed by atoms with Crippen molar-refractivity contribution in [3.05, 3.63) is 34.9 Å². The van der Waals surface area contributed by atoms with Crippen molar-refractivity contribution in [1.82, 2.24) is 4.90 Å². The van der Waals surface area contributed by atoms with Crippen molar-refractivity contribution in [2.45, 2.75) is 18.9 Å². The Balaban J connectivity index is 1.91. The smallest absolute Gasteiger partial charge is 0.346 e. The molecule has 0 radical (unpaired) electrons. The highest BCUT2D eigenvalue weighted by atomic mass is 35.5. The van der Waals surface area contributed by atoms with E-state index >= 15 is 0 Å². The lowest BCUT2D eigenvalue weighted by Crippen LogP contribution is -2.34. The SMILES string of the molecule is NC1=NC(=O)N(CC2CC2)C1c1cccc(Cl)c1. The summed E-state index contributed by atoms with van der Waals surface area (Å²) in [5, 5.41) is 0.644. The molecule has 0 spiro atoms. The molecule has 4 nitrogen and oxygen atoms in total. The molecule has 1 atom stereocenters. The lowest BCUT2D eigenvalue weighted by atomic mass is 10.1. The standard InChI is InChI=1S/C13H14ClN3O/c14-10-3-1-2-9(6-10)11-12(15)16-13(18)17(11)7-8-4-5-8/h1-3,6,8,11H,4-5,7H2,(H2,15,16,18). The Hall–Kier alpha value is -1.55. The van der Waals surface area contributed by atoms with Crippen molar-refractivity contribution < 1.29 is 4.79 Å². The monoisotopic (exact) mass is 263 g/mol. The fraction of sp³-hybridized carbons (Fsp3) is 0.385. The average molecular weight is 264 g/mol. The predicted octanol–water partition coefficient (Wildman–Crippen LogP) is 2.58. The molecule has 1 aromatic carbocycles. The Morgan fingerprint density at radius 3 is 2.89 bits per heavy atom. The van der Waals surface area contributed by atoms with Gasteiger partial charge >= 0.3 is 6.03 Å². The molecule has 1 aliphatic carbocycles. The van der Waals surface area contributed by atoms with Crippen molar-refractivity contribution in [2.24, 2.45) is 16.6 Å². The summed E-state index contributed by atoms with van der Waals surface area (Å²) in [5.74, 6) is 0.972. The van der Waals surface area contributed by atoms with Crippen LogP contribution in [0, 0.1) is 5.92 Å². The molecule has 3 rings (SSSR count). The molecule has 0 bridgehead atoms. The summed E-state index contributed by atoms with van der Waals surface area (Å²) in [6, 6.07) is 6.95. The molecular weight excluding hydrogens is 250 g/mol. The largest absolute Gasteiger partial charge is 0.385 e. The van der Waals surface area contributed by atoms with Gasteiger partial charge in [-0.05, 0) is 36.5 Å². The van der Waals surface area contributed by atoms with Gasteiger partial charge in [-0.15, -0.1) is 0 Å². The number of amides is 2. The van der Waals surface area contributed by atoms with Gasteiger partial charge in [-0.1, -0.05) is 23.7 Å². The fourth-order valence-corrected chi connectivity index (χ4v) is 2.49. The first-order valence-electron chi connectivity index (χ1n) is 6.05. The second-order valence-corrected chi connectivity index (χ2v) is 5.31. The van der Waals surface area contributed by atoms with Crippen molar-refractivity contribution >= 4 is 23.5 Å². The number of hydrogen-bond donors (Lipinski definition) is 1. The van der Waals surface area contributed by atoms with Crippen LogP contribution in [0.1, 0.15) is 24.4 Å². The van der Waals surface area contributed by atoms with Gasteiger partial charge in [0.2, 0.25) is 0 Å². The van der Waals surface area contributed by atoms with E-state index in [0.717, 1.165) is 12.1 Å². The van der Waals surface area contributed by atoms with Crippen LogP contribution in [0.5, 0.6) is 0 Å². The van der Waals surface area contributed by atoms with Crippen LogP contribution < -0.4 is 5.73 Å². The molecule has 1 unspecified atom stereocenters. The van der Waals surface area contributed by atoms with Crippen LogP contribution in [0.25, 0.3) is 0 Å². The molecular formula is C13H14ClN3O. The Morgan fingerprint density at radius 1 is 1.44 bits per heavy atom. The maximum atomic E-state index is 11.8. The first kappa shape index (κ1) is 11.5. The van der Waals surface area contributed by atoms with E-state index in [9.17, 15) is 4.79 Å². The van der Waals surface area contributed by atoms with E-state index in [0.29, 0.717) is 16.8 Å². The summed E-state index contributed by atoms with van der Waals surface area (Å²) >= 11 is 5.99. The van der Waals surface area contributed by atoms with Gasteiger partial charge in [0, 0.05) is 11.6 Å². The molecule has 1 heterocycles. The third-order valence-corrected chi connectivity index (χ3v) is 3.61. The fourth-order valence-electron chi connectivity index (χ4n) is 2.30. The first-order chi connectivity index (χ1) is 8.65. The molecule has 5 heteroatoms. The van der Waals surface area contributed by atoms with E-state index in [4.69, 9.17) is 17.3 Å². The molecule has 0 aromatic heterocycles. The predicted molar refractivity (Wildman–Crippen MR) is 70.6 cm³/mol. The van der Waals surface area contributed by atoms with E-state index in [1.165, 1.54) is 12.8 Å². The number of halogens is 1. The Bertz CT molecular complexity index is 525. The maximum Gasteiger partial charge on any atom is 0.346 e. The van der Waals surface area contributed by atoms with Crippen LogP contribution >= 0.6 is 11.6 Å². The second-order valence-electron chi connectivity index (χ2n) is 4.87. The van der Waals surface area contributed by atoms with Crippen molar-refractivity contribution in [3.8, 4) is 0 Å². The second kappa shape index (κ2) is 4.28. The van der Waals surface area contributed by atoms with Gasteiger partial charge in [0.1, 0.15) is 11.9 Å². The molecule has 2 N–H and O–H groups in total. The third kappa shape index (κ3) is 2.08. The summed E-state index contributed by atoms with van der Waals surface area (Å²) in [6.45, 7) is 0.736. The number of nitrogens with two attached hydrogens (primary N) is 1. The van der Waals surface area contributed by atoms with Gasteiger partial charge < -0.3 is 10.6 Å². The zero-order valence-corrected chi connectivity index (χ0v) is 10.6. The highest BCUT2D eigenvalue weighted by Crippen LogP contribution is 2.35. The normalized spacial score (nSPS) is 23.4. The molecule has 1 aliphatic heterocycles. The van der Waals surface area contributed by atoms with E-state index in [1.54, 1.807) is 11.0 Å². The van der Waals surface area contributed by atoms with Crippen molar-refractivity contribution in [2.75, 3.05) is 6.54 Å². The van der Waals surface area contributed by atoms with Crippen molar-refractivity contribution in [1.29, 1.82) is 0 Å². The minimum Gasteiger partial charge on any atom is -0.385 e. The number of rotatable bonds is 3. The number of hydrogen-bond acceptors (Lipinski definition) is 2. The highest BCUT2D eigenvalue weighted by Gasteiger charge is 2.38. The summed E-state index contributed by atoms with van der Waals surface area (Å²) in [4.78, 5) is 17.5. The number of benzene rings is 1. The molecule has 18 heavy (non-hydrogen) atoms. The summed E-state index contributed by atoms with van der Waals surface area (Å²) in [6.07, 6.45) is 2.37. The molecule has 2 aliphatic rings. The number of amidine groups is 1. The van der Waals surface area contributed by atoms with E-state index in [2.05, 4.69) is 4.99 Å². The van der Waals surface area contributed by atoms with Crippen LogP contribution in [-0.2, 0) is 0 Å². The van der Waals surface area contributed by atoms with Crippen LogP contribution in [-0.4, -0.2) is 23.3 Å². The third-order valence-electron chi connectivity index (χ3n) is 3.38. The molecule has 0 saturated heterocycles. The van der Waals surface area contributed by atoms with Crippen LogP contribution in [0.15, 0.2) is 29.3 Å². The Morgan fingerprint density at radius 2 is 2.22 bits per heavy atom.